The molecule has 0 bridgehead atoms. The maximum absolute atomic E-state index is 13.9. The monoisotopic (exact) mass is 518 g/mol. The summed E-state index contributed by atoms with van der Waals surface area (Å²) < 4.78 is 0. The van der Waals surface area contributed by atoms with Gasteiger partial charge >= 0.3 is 0 Å². The van der Waals surface area contributed by atoms with Crippen molar-refractivity contribution in [3.63, 3.8) is 0 Å². The second kappa shape index (κ2) is 8.68. The van der Waals surface area contributed by atoms with Crippen LogP contribution in [0.25, 0.3) is 11.1 Å². The molecular weight excluding hydrogens is 488 g/mol. The average Bonchev–Trinajstić information content (AvgIpc) is 2.83. The highest BCUT2D eigenvalue weighted by molar-refractivity contribution is 6.32. The lowest BCUT2D eigenvalue weighted by atomic mass is 9.52. The summed E-state index contributed by atoms with van der Waals surface area (Å²) >= 11 is 0. The third-order valence-corrected chi connectivity index (χ3v) is 8.76. The summed E-state index contributed by atoms with van der Waals surface area (Å²) in [5, 5.41) is 22.4. The van der Waals surface area contributed by atoms with E-state index < -0.39 is 64.4 Å². The van der Waals surface area contributed by atoms with Crippen LogP contribution in [0.1, 0.15) is 33.5 Å². The lowest BCUT2D eigenvalue weighted by Gasteiger charge is -2.52. The lowest BCUT2D eigenvalue weighted by molar-refractivity contribution is -0.181. The summed E-state index contributed by atoms with van der Waals surface area (Å²) in [5.41, 5.74) is 6.96. The van der Waals surface area contributed by atoms with E-state index in [-0.39, 0.29) is 24.2 Å². The minimum absolute atomic E-state index is 0.00711. The van der Waals surface area contributed by atoms with Gasteiger partial charge in [-0.05, 0) is 80.6 Å². The zero-order valence-electron chi connectivity index (χ0n) is 21.6. The van der Waals surface area contributed by atoms with E-state index in [1.807, 2.05) is 32.0 Å². The van der Waals surface area contributed by atoms with Crippen molar-refractivity contribution in [3.05, 3.63) is 52.6 Å². The molecule has 5 rings (SSSR count). The van der Waals surface area contributed by atoms with Gasteiger partial charge < -0.3 is 15.9 Å². The molecule has 4 N–H and O–H groups in total. The van der Waals surface area contributed by atoms with Crippen LogP contribution in [0.2, 0.25) is 0 Å². The van der Waals surface area contributed by atoms with Crippen LogP contribution in [-0.4, -0.2) is 69.9 Å². The SMILES string of the molecule is Cc1ccc(-c2ccc(O)c3c2C[C@H]2C[C@H]4[C@H](N(C)C)C(=O)C(C(N)=O)C(=O)[C@@]4(O)C(=O)C2C3=O)cc1C. The van der Waals surface area contributed by atoms with Crippen LogP contribution >= 0.6 is 0 Å². The lowest BCUT2D eigenvalue weighted by Crippen LogP contribution is -2.74. The number of aliphatic hydroxyl groups is 1. The molecule has 3 aliphatic carbocycles. The molecule has 0 aliphatic heterocycles. The molecule has 2 aromatic carbocycles. The van der Waals surface area contributed by atoms with Crippen LogP contribution in [-0.2, 0) is 25.6 Å². The van der Waals surface area contributed by atoms with Crippen LogP contribution in [0.3, 0.4) is 0 Å². The predicted octanol–water partition coefficient (Wildman–Crippen LogP) is 1.15. The van der Waals surface area contributed by atoms with Crippen LogP contribution < -0.4 is 5.73 Å². The molecule has 0 heterocycles. The Kier molecular flexibility index (Phi) is 5.92. The second-order valence-electron chi connectivity index (χ2n) is 11.1. The fourth-order valence-corrected chi connectivity index (χ4v) is 6.78. The van der Waals surface area contributed by atoms with E-state index in [1.54, 1.807) is 20.2 Å². The van der Waals surface area contributed by atoms with Crippen molar-refractivity contribution >= 4 is 29.0 Å². The molecule has 0 radical (unpaired) electrons. The zero-order valence-corrected chi connectivity index (χ0v) is 21.6. The molecule has 2 fully saturated rings. The molecule has 2 saturated carbocycles. The van der Waals surface area contributed by atoms with Crippen LogP contribution in [0.5, 0.6) is 5.75 Å². The topological polar surface area (TPSA) is 155 Å². The van der Waals surface area contributed by atoms with Gasteiger partial charge in [0.25, 0.3) is 0 Å². The van der Waals surface area contributed by atoms with Gasteiger partial charge in [0.1, 0.15) is 5.75 Å². The van der Waals surface area contributed by atoms with Crippen molar-refractivity contribution in [2.24, 2.45) is 29.4 Å². The van der Waals surface area contributed by atoms with Crippen molar-refractivity contribution in [1.29, 1.82) is 0 Å². The summed E-state index contributed by atoms with van der Waals surface area (Å²) in [4.78, 5) is 67.8. The number of amides is 1. The fourth-order valence-electron chi connectivity index (χ4n) is 6.78. The molecule has 2 aromatic rings. The molecule has 9 heteroatoms. The predicted molar refractivity (Wildman–Crippen MR) is 136 cm³/mol. The van der Waals surface area contributed by atoms with E-state index in [1.165, 1.54) is 11.0 Å². The highest BCUT2D eigenvalue weighted by atomic mass is 16.3. The number of hydrogen-bond acceptors (Lipinski definition) is 8. The first kappa shape index (κ1) is 25.9. The van der Waals surface area contributed by atoms with Crippen molar-refractivity contribution in [2.75, 3.05) is 14.1 Å². The Bertz CT molecular complexity index is 1440. The number of Topliss-reactive ketones (excluding diaryl/α,β-unsaturated/α-hetero) is 4. The number of rotatable bonds is 3. The van der Waals surface area contributed by atoms with Gasteiger partial charge in [0, 0.05) is 5.92 Å². The van der Waals surface area contributed by atoms with Gasteiger partial charge in [0.15, 0.2) is 34.7 Å². The van der Waals surface area contributed by atoms with Gasteiger partial charge in [-0.3, -0.25) is 28.9 Å². The number of phenols is 1. The third kappa shape index (κ3) is 3.41. The number of nitrogens with zero attached hydrogens (tertiary/aromatic N) is 1. The number of benzene rings is 2. The average molecular weight is 519 g/mol. The smallest absolute Gasteiger partial charge is 0.235 e. The first-order chi connectivity index (χ1) is 17.8. The van der Waals surface area contributed by atoms with Gasteiger partial charge in [-0.2, -0.15) is 0 Å². The van der Waals surface area contributed by atoms with E-state index in [0.717, 1.165) is 22.3 Å². The maximum Gasteiger partial charge on any atom is 0.235 e. The summed E-state index contributed by atoms with van der Waals surface area (Å²) in [6.45, 7) is 3.97. The van der Waals surface area contributed by atoms with Crippen molar-refractivity contribution in [1.82, 2.24) is 4.90 Å². The Hall–Kier alpha value is -3.69. The highest BCUT2D eigenvalue weighted by Crippen LogP contribution is 2.51. The minimum atomic E-state index is -2.72. The Morgan fingerprint density at radius 1 is 1.03 bits per heavy atom. The standard InChI is InChI=1S/C29H30N2O7/c1-12-5-6-14(9-13(12)2)16-7-8-19(32)21-17(16)10-15-11-18-23(31(3)4)25(34)22(28(30)37)27(36)29(18,38)26(35)20(15)24(21)33/h5-9,15,18,20,22-23,32,38H,10-11H2,1-4H3,(H2,30,37)/t15-,18-,20?,22?,23-,29-/m0/s1. The summed E-state index contributed by atoms with van der Waals surface area (Å²) in [6.07, 6.45) is 0.244. The Morgan fingerprint density at radius 2 is 1.71 bits per heavy atom. The van der Waals surface area contributed by atoms with Crippen LogP contribution in [0, 0.1) is 37.5 Å². The number of phenolic OH excluding ortho intramolecular Hbond substituents is 1. The second-order valence-corrected chi connectivity index (χ2v) is 11.1. The molecule has 3 aliphatic rings. The van der Waals surface area contributed by atoms with Gasteiger partial charge in [-0.1, -0.05) is 24.3 Å². The van der Waals surface area contributed by atoms with Gasteiger partial charge in [0.05, 0.1) is 17.5 Å². The first-order valence-electron chi connectivity index (χ1n) is 12.6. The Balaban J connectivity index is 1.66. The molecule has 6 atom stereocenters. The number of aryl methyl sites for hydroxylation is 2. The number of carbonyl (C=O) groups is 5. The number of fused-ring (bicyclic) bond motifs is 3. The van der Waals surface area contributed by atoms with Gasteiger partial charge in [-0.15, -0.1) is 0 Å². The molecule has 0 spiro atoms. The number of hydrogen-bond donors (Lipinski definition) is 3. The van der Waals surface area contributed by atoms with E-state index >= 15 is 0 Å². The number of ketones is 4. The van der Waals surface area contributed by atoms with Gasteiger partial charge in [-0.25, -0.2) is 0 Å². The highest BCUT2D eigenvalue weighted by Gasteiger charge is 2.69. The van der Waals surface area contributed by atoms with Crippen molar-refractivity contribution in [3.8, 4) is 16.9 Å². The fraction of sp³-hybridized carbons (Fsp3) is 0.414. The third-order valence-electron chi connectivity index (χ3n) is 8.76. The number of aromatic hydroxyl groups is 1. The van der Waals surface area contributed by atoms with Crippen molar-refractivity contribution < 1.29 is 34.2 Å². The number of nitrogens with two attached hydrogens (primary N) is 1. The Labute approximate surface area is 219 Å². The largest absolute Gasteiger partial charge is 0.507 e. The zero-order chi connectivity index (χ0) is 27.8. The van der Waals surface area contributed by atoms with E-state index in [4.69, 9.17) is 5.73 Å². The minimum Gasteiger partial charge on any atom is -0.507 e. The summed E-state index contributed by atoms with van der Waals surface area (Å²) in [5.74, 6) is -10.4. The van der Waals surface area contributed by atoms with Crippen LogP contribution in [0.4, 0.5) is 0 Å². The maximum atomic E-state index is 13.9. The van der Waals surface area contributed by atoms with E-state index in [2.05, 4.69) is 0 Å². The Morgan fingerprint density at radius 3 is 2.32 bits per heavy atom. The number of primary amides is 1. The molecule has 2 unspecified atom stereocenters. The van der Waals surface area contributed by atoms with Crippen molar-refractivity contribution in [2.45, 2.75) is 38.3 Å². The van der Waals surface area contributed by atoms with E-state index in [9.17, 15) is 34.2 Å². The molecule has 198 valence electrons. The number of likely N-dealkylation sites (N-methyl/N-ethyl adjacent to an activating group) is 1. The molecule has 1 amide bonds. The summed E-state index contributed by atoms with van der Waals surface area (Å²) in [6, 6.07) is 7.91. The molecule has 38 heavy (non-hydrogen) atoms. The van der Waals surface area contributed by atoms with E-state index in [0.29, 0.717) is 5.56 Å². The molecular formula is C29H30N2O7. The van der Waals surface area contributed by atoms with Gasteiger partial charge in [0.2, 0.25) is 5.91 Å². The first-order valence-corrected chi connectivity index (χ1v) is 12.6. The number of carbonyl (C=O) groups excluding carboxylic acids is 5. The summed E-state index contributed by atoms with van der Waals surface area (Å²) in [7, 11) is 3.12. The van der Waals surface area contributed by atoms with Crippen LogP contribution in [0.15, 0.2) is 30.3 Å². The normalized spacial score (nSPS) is 30.6. The molecule has 9 nitrogen and oxygen atoms in total. The quantitative estimate of drug-likeness (QED) is 0.511. The molecule has 0 aromatic heterocycles. The molecule has 0 saturated heterocycles.